The van der Waals surface area contributed by atoms with Crippen molar-refractivity contribution in [2.45, 2.75) is 51.7 Å². The number of nitrogens with zero attached hydrogens (tertiary/aromatic N) is 5. The summed E-state index contributed by atoms with van der Waals surface area (Å²) >= 11 is 6.32. The zero-order valence-electron chi connectivity index (χ0n) is 18.4. The maximum atomic E-state index is 6.32. The molecule has 0 spiro atoms. The van der Waals surface area contributed by atoms with Crippen LogP contribution < -0.4 is 10.6 Å². The van der Waals surface area contributed by atoms with Gasteiger partial charge in [-0.2, -0.15) is 5.10 Å². The summed E-state index contributed by atoms with van der Waals surface area (Å²) in [6.45, 7) is 6.92. The molecule has 3 heterocycles. The molecule has 0 radical (unpaired) electrons. The first-order valence-corrected chi connectivity index (χ1v) is 11.3. The van der Waals surface area contributed by atoms with Gasteiger partial charge in [-0.15, -0.1) is 24.0 Å². The topological polar surface area (TPSA) is 70.4 Å². The predicted octanol–water partition coefficient (Wildman–Crippen LogP) is 3.25. The number of aromatic nitrogens is 3. The summed E-state index contributed by atoms with van der Waals surface area (Å²) in [4.78, 5) is 11.4. The van der Waals surface area contributed by atoms with Gasteiger partial charge in [-0.05, 0) is 56.8 Å². The Morgan fingerprint density at radius 1 is 1.23 bits per heavy atom. The monoisotopic (exact) mass is 557 g/mol. The summed E-state index contributed by atoms with van der Waals surface area (Å²) in [5.41, 5.74) is 1.22. The minimum Gasteiger partial charge on any atom is -0.356 e. The van der Waals surface area contributed by atoms with Gasteiger partial charge in [0.25, 0.3) is 0 Å². The second-order valence-corrected chi connectivity index (χ2v) is 8.81. The average molecular weight is 558 g/mol. The van der Waals surface area contributed by atoms with E-state index in [4.69, 9.17) is 11.6 Å². The van der Waals surface area contributed by atoms with Crippen LogP contribution in [0.5, 0.6) is 0 Å². The average Bonchev–Trinajstić information content (AvgIpc) is 3.13. The van der Waals surface area contributed by atoms with E-state index in [1.807, 2.05) is 30.8 Å². The van der Waals surface area contributed by atoms with E-state index in [1.54, 1.807) is 0 Å². The van der Waals surface area contributed by atoms with Crippen LogP contribution in [0.4, 0.5) is 0 Å². The van der Waals surface area contributed by atoms with Crippen molar-refractivity contribution in [3.8, 4) is 0 Å². The third-order valence-corrected chi connectivity index (χ3v) is 6.51. The summed E-state index contributed by atoms with van der Waals surface area (Å²) in [7, 11) is 1.84. The number of benzene rings is 1. The summed E-state index contributed by atoms with van der Waals surface area (Å²) in [6.07, 6.45) is 4.40. The van der Waals surface area contributed by atoms with Crippen LogP contribution in [0.1, 0.15) is 36.5 Å². The zero-order valence-corrected chi connectivity index (χ0v) is 21.4. The molecule has 1 aromatic carbocycles. The predicted molar refractivity (Wildman–Crippen MR) is 136 cm³/mol. The molecule has 1 unspecified atom stereocenters. The normalized spacial score (nSPS) is 20.1. The molecule has 2 aromatic rings. The minimum absolute atomic E-state index is 0. The first-order valence-electron chi connectivity index (χ1n) is 10.9. The Balaban J connectivity index is 0.00000272. The van der Waals surface area contributed by atoms with E-state index in [1.165, 1.54) is 18.4 Å². The molecule has 7 nitrogen and oxygen atoms in total. The van der Waals surface area contributed by atoms with Crippen molar-refractivity contribution in [3.63, 3.8) is 0 Å². The lowest BCUT2D eigenvalue weighted by Gasteiger charge is -2.33. The molecule has 1 aromatic heterocycles. The molecule has 2 N–H and O–H groups in total. The molecule has 0 amide bonds. The first-order chi connectivity index (χ1) is 14.6. The third-order valence-electron chi connectivity index (χ3n) is 6.15. The second-order valence-electron chi connectivity index (χ2n) is 8.40. The zero-order chi connectivity index (χ0) is 20.9. The Kier molecular flexibility index (Phi) is 8.97. The minimum atomic E-state index is 0. The highest BCUT2D eigenvalue weighted by atomic mass is 127. The summed E-state index contributed by atoms with van der Waals surface area (Å²) < 4.78 is 2.03. The van der Waals surface area contributed by atoms with Gasteiger partial charge in [0.15, 0.2) is 5.96 Å². The van der Waals surface area contributed by atoms with Gasteiger partial charge >= 0.3 is 0 Å². The maximum absolute atomic E-state index is 6.32. The van der Waals surface area contributed by atoms with Gasteiger partial charge in [0.2, 0.25) is 0 Å². The fraction of sp³-hybridized carbons (Fsp3) is 0.591. The quantitative estimate of drug-likeness (QED) is 0.336. The van der Waals surface area contributed by atoms with Gasteiger partial charge in [-0.25, -0.2) is 9.67 Å². The highest BCUT2D eigenvalue weighted by Gasteiger charge is 2.23. The van der Waals surface area contributed by atoms with Crippen LogP contribution >= 0.6 is 35.6 Å². The number of nitrogens with one attached hydrogen (secondary N) is 2. The van der Waals surface area contributed by atoms with Crippen molar-refractivity contribution < 1.29 is 0 Å². The van der Waals surface area contributed by atoms with Crippen LogP contribution in [0.15, 0.2) is 29.3 Å². The van der Waals surface area contributed by atoms with E-state index >= 15 is 0 Å². The number of aliphatic imine (C=N–C) groups is 1. The molecule has 1 atom stereocenters. The van der Waals surface area contributed by atoms with Crippen LogP contribution in [0.3, 0.4) is 0 Å². The van der Waals surface area contributed by atoms with Crippen LogP contribution in [-0.4, -0.2) is 58.3 Å². The van der Waals surface area contributed by atoms with Crippen molar-refractivity contribution in [1.82, 2.24) is 30.3 Å². The standard InChI is InChI=1S/C22H32ClN7.HI/c1-16-26-21-8-7-19(15-30(21)28-16)27-22(24-2)25-13-17-9-11-29(12-10-17)14-18-5-3-4-6-20(18)23;/h3-6,17,19H,7-15H2,1-2H3,(H2,24,25,27);1H. The van der Waals surface area contributed by atoms with Crippen LogP contribution in [0.2, 0.25) is 5.02 Å². The van der Waals surface area contributed by atoms with Gasteiger partial charge in [0.05, 0.1) is 6.54 Å². The molecule has 0 bridgehead atoms. The molecule has 2 aliphatic heterocycles. The number of hydrogen-bond donors (Lipinski definition) is 2. The molecule has 1 saturated heterocycles. The van der Waals surface area contributed by atoms with E-state index < -0.39 is 0 Å². The maximum Gasteiger partial charge on any atom is 0.191 e. The third kappa shape index (κ3) is 6.55. The molecule has 1 fully saturated rings. The van der Waals surface area contributed by atoms with Crippen LogP contribution in [-0.2, 0) is 19.5 Å². The second kappa shape index (κ2) is 11.5. The number of halogens is 2. The lowest BCUT2D eigenvalue weighted by molar-refractivity contribution is 0.178. The number of rotatable bonds is 5. The molecule has 4 rings (SSSR count). The van der Waals surface area contributed by atoms with E-state index in [9.17, 15) is 0 Å². The Labute approximate surface area is 207 Å². The molecule has 0 aliphatic carbocycles. The lowest BCUT2D eigenvalue weighted by atomic mass is 9.96. The van der Waals surface area contributed by atoms with E-state index in [0.29, 0.717) is 12.0 Å². The highest BCUT2D eigenvalue weighted by molar-refractivity contribution is 14.0. The number of piperidine rings is 1. The fourth-order valence-corrected chi connectivity index (χ4v) is 4.59. The molecule has 31 heavy (non-hydrogen) atoms. The summed E-state index contributed by atoms with van der Waals surface area (Å²) in [6, 6.07) is 8.49. The Morgan fingerprint density at radius 2 is 2.00 bits per heavy atom. The van der Waals surface area contributed by atoms with Gasteiger partial charge in [-0.1, -0.05) is 29.8 Å². The first kappa shape index (κ1) is 24.3. The summed E-state index contributed by atoms with van der Waals surface area (Å²) in [5, 5.41) is 12.5. The van der Waals surface area contributed by atoms with Crippen LogP contribution in [0.25, 0.3) is 0 Å². The highest BCUT2D eigenvalue weighted by Crippen LogP contribution is 2.22. The molecule has 9 heteroatoms. The molecule has 0 saturated carbocycles. The number of aryl methyl sites for hydroxylation is 2. The Bertz CT molecular complexity index is 876. The number of guanidine groups is 1. The lowest BCUT2D eigenvalue weighted by Crippen LogP contribution is -2.48. The fourth-order valence-electron chi connectivity index (χ4n) is 4.40. The number of likely N-dealkylation sites (tertiary alicyclic amines) is 1. The van der Waals surface area contributed by atoms with Crippen molar-refractivity contribution >= 4 is 41.5 Å². The van der Waals surface area contributed by atoms with Gasteiger partial charge in [0, 0.05) is 37.6 Å². The molecule has 2 aliphatic rings. The van der Waals surface area contributed by atoms with E-state index in [-0.39, 0.29) is 24.0 Å². The SMILES string of the molecule is CN=C(NCC1CCN(Cc2ccccc2Cl)CC1)NC1CCc2nc(C)nn2C1.I. The van der Waals surface area contributed by atoms with Gasteiger partial charge in [-0.3, -0.25) is 9.89 Å². The summed E-state index contributed by atoms with van der Waals surface area (Å²) in [5.74, 6) is 3.51. The van der Waals surface area contributed by atoms with Crippen molar-refractivity contribution in [2.24, 2.45) is 10.9 Å². The number of fused-ring (bicyclic) bond motifs is 1. The molecular formula is C22H33ClIN7. The van der Waals surface area contributed by atoms with E-state index in [0.717, 1.165) is 68.2 Å². The van der Waals surface area contributed by atoms with Crippen molar-refractivity contribution in [3.05, 3.63) is 46.5 Å². The van der Waals surface area contributed by atoms with Gasteiger partial charge < -0.3 is 10.6 Å². The van der Waals surface area contributed by atoms with Crippen molar-refractivity contribution in [2.75, 3.05) is 26.7 Å². The Hall–Kier alpha value is -1.39. The van der Waals surface area contributed by atoms with Gasteiger partial charge in [0.1, 0.15) is 11.6 Å². The number of hydrogen-bond acceptors (Lipinski definition) is 4. The smallest absolute Gasteiger partial charge is 0.191 e. The van der Waals surface area contributed by atoms with Crippen LogP contribution in [0, 0.1) is 12.8 Å². The van der Waals surface area contributed by atoms with Crippen molar-refractivity contribution in [1.29, 1.82) is 0 Å². The largest absolute Gasteiger partial charge is 0.356 e. The molecule has 170 valence electrons. The Morgan fingerprint density at radius 3 is 2.74 bits per heavy atom. The van der Waals surface area contributed by atoms with E-state index in [2.05, 4.69) is 42.7 Å². The molecular weight excluding hydrogens is 525 g/mol.